The first-order valence-electron chi connectivity index (χ1n) is 3.99. The molecule has 0 bridgehead atoms. The average molecular weight is 136 g/mol. The van der Waals surface area contributed by atoms with Crippen molar-refractivity contribution in [3.63, 3.8) is 0 Å². The summed E-state index contributed by atoms with van der Waals surface area (Å²) in [5.74, 6) is 0.672. The van der Waals surface area contributed by atoms with Crippen molar-refractivity contribution in [2.45, 2.75) is 19.3 Å². The van der Waals surface area contributed by atoms with Gasteiger partial charge in [-0.3, -0.25) is 0 Å². The van der Waals surface area contributed by atoms with Gasteiger partial charge in [-0.15, -0.1) is 0 Å². The zero-order valence-corrected chi connectivity index (χ0v) is 6.06. The van der Waals surface area contributed by atoms with E-state index in [2.05, 4.69) is 11.4 Å². The maximum Gasteiger partial charge on any atom is 0.0693 e. The maximum atomic E-state index is 8.89. The Kier molecular flexibility index (Phi) is 1.21. The van der Waals surface area contributed by atoms with Gasteiger partial charge in [0.05, 0.1) is 11.5 Å². The number of nitrogens with zero attached hydrogens (tertiary/aromatic N) is 1. The molecule has 1 saturated carbocycles. The summed E-state index contributed by atoms with van der Waals surface area (Å²) in [5.41, 5.74) is 0.102. The highest BCUT2D eigenvalue weighted by atomic mass is 15.0. The van der Waals surface area contributed by atoms with Crippen LogP contribution >= 0.6 is 0 Å². The second-order valence-electron chi connectivity index (χ2n) is 3.48. The first-order chi connectivity index (χ1) is 4.87. The van der Waals surface area contributed by atoms with Crippen molar-refractivity contribution in [2.24, 2.45) is 11.3 Å². The van der Waals surface area contributed by atoms with Crippen LogP contribution in [-0.2, 0) is 0 Å². The highest BCUT2D eigenvalue weighted by molar-refractivity contribution is 5.11. The first kappa shape index (κ1) is 6.18. The molecule has 0 aromatic rings. The molecule has 0 amide bonds. The van der Waals surface area contributed by atoms with Crippen LogP contribution in [0.2, 0.25) is 0 Å². The number of nitrogens with one attached hydrogen (secondary N) is 1. The summed E-state index contributed by atoms with van der Waals surface area (Å²) < 4.78 is 0. The molecule has 0 aromatic carbocycles. The van der Waals surface area contributed by atoms with Crippen molar-refractivity contribution in [2.75, 3.05) is 13.1 Å². The minimum Gasteiger partial charge on any atom is -0.316 e. The van der Waals surface area contributed by atoms with Crippen LogP contribution in [0.25, 0.3) is 0 Å². The molecule has 0 atom stereocenters. The van der Waals surface area contributed by atoms with Gasteiger partial charge in [-0.25, -0.2) is 0 Å². The molecular formula is C8H12N2. The van der Waals surface area contributed by atoms with E-state index in [0.29, 0.717) is 5.92 Å². The van der Waals surface area contributed by atoms with E-state index in [1.54, 1.807) is 0 Å². The highest BCUT2D eigenvalue weighted by Crippen LogP contribution is 2.47. The monoisotopic (exact) mass is 136 g/mol. The molecule has 1 saturated heterocycles. The summed E-state index contributed by atoms with van der Waals surface area (Å²) in [7, 11) is 0. The summed E-state index contributed by atoms with van der Waals surface area (Å²) in [6.45, 7) is 2.15. The standard InChI is InChI=1S/C8H12N2/c9-6-8(2-1-3-8)7-4-10-5-7/h7,10H,1-5H2. The summed E-state index contributed by atoms with van der Waals surface area (Å²) in [4.78, 5) is 0. The Morgan fingerprint density at radius 3 is 2.20 bits per heavy atom. The fourth-order valence-electron chi connectivity index (χ4n) is 1.85. The number of hydrogen-bond acceptors (Lipinski definition) is 2. The van der Waals surface area contributed by atoms with Gasteiger partial charge in [0.1, 0.15) is 0 Å². The fraction of sp³-hybridized carbons (Fsp3) is 0.875. The smallest absolute Gasteiger partial charge is 0.0693 e. The topological polar surface area (TPSA) is 35.8 Å². The number of rotatable bonds is 1. The molecule has 2 heteroatoms. The lowest BCUT2D eigenvalue weighted by atomic mass is 9.60. The van der Waals surface area contributed by atoms with E-state index in [0.717, 1.165) is 25.9 Å². The Morgan fingerprint density at radius 2 is 2.10 bits per heavy atom. The third-order valence-corrected chi connectivity index (χ3v) is 3.03. The van der Waals surface area contributed by atoms with Crippen LogP contribution in [0.4, 0.5) is 0 Å². The minimum absolute atomic E-state index is 0.102. The molecule has 1 aliphatic heterocycles. The summed E-state index contributed by atoms with van der Waals surface area (Å²) in [6, 6.07) is 2.48. The Bertz CT molecular complexity index is 172. The number of nitriles is 1. The lowest BCUT2D eigenvalue weighted by molar-refractivity contribution is 0.0764. The van der Waals surface area contributed by atoms with E-state index < -0.39 is 0 Å². The van der Waals surface area contributed by atoms with Crippen molar-refractivity contribution < 1.29 is 0 Å². The van der Waals surface area contributed by atoms with E-state index in [1.807, 2.05) is 0 Å². The van der Waals surface area contributed by atoms with Crippen molar-refractivity contribution in [3.8, 4) is 6.07 Å². The van der Waals surface area contributed by atoms with E-state index in [1.165, 1.54) is 6.42 Å². The van der Waals surface area contributed by atoms with Crippen LogP contribution in [0.1, 0.15) is 19.3 Å². The van der Waals surface area contributed by atoms with E-state index in [4.69, 9.17) is 5.26 Å². The SMILES string of the molecule is N#CC1(C2CNC2)CCC1. The third kappa shape index (κ3) is 0.615. The van der Waals surface area contributed by atoms with E-state index in [9.17, 15) is 0 Å². The van der Waals surface area contributed by atoms with E-state index in [-0.39, 0.29) is 5.41 Å². The van der Waals surface area contributed by atoms with Gasteiger partial charge in [0.25, 0.3) is 0 Å². The van der Waals surface area contributed by atoms with Crippen molar-refractivity contribution in [1.82, 2.24) is 5.32 Å². The van der Waals surface area contributed by atoms with Gasteiger partial charge >= 0.3 is 0 Å². The molecule has 0 radical (unpaired) electrons. The molecule has 54 valence electrons. The third-order valence-electron chi connectivity index (χ3n) is 3.03. The first-order valence-corrected chi connectivity index (χ1v) is 3.99. The van der Waals surface area contributed by atoms with Crippen LogP contribution < -0.4 is 5.32 Å². The molecule has 1 heterocycles. The quantitative estimate of drug-likeness (QED) is 0.581. The minimum atomic E-state index is 0.102. The van der Waals surface area contributed by atoms with Crippen molar-refractivity contribution >= 4 is 0 Å². The van der Waals surface area contributed by atoms with Crippen LogP contribution in [0.15, 0.2) is 0 Å². The molecule has 1 aliphatic carbocycles. The Balaban J connectivity index is 2.05. The largest absolute Gasteiger partial charge is 0.316 e. The van der Waals surface area contributed by atoms with Crippen LogP contribution in [-0.4, -0.2) is 13.1 Å². The second kappa shape index (κ2) is 1.96. The molecule has 0 spiro atoms. The Hall–Kier alpha value is -0.550. The molecule has 0 unspecified atom stereocenters. The molecule has 2 nitrogen and oxygen atoms in total. The van der Waals surface area contributed by atoms with Gasteiger partial charge < -0.3 is 5.32 Å². The van der Waals surface area contributed by atoms with E-state index >= 15 is 0 Å². The van der Waals surface area contributed by atoms with Crippen LogP contribution in [0, 0.1) is 22.7 Å². The van der Waals surface area contributed by atoms with Crippen LogP contribution in [0.5, 0.6) is 0 Å². The van der Waals surface area contributed by atoms with Gasteiger partial charge in [-0.05, 0) is 12.8 Å². The molecule has 10 heavy (non-hydrogen) atoms. The zero-order chi connectivity index (χ0) is 7.03. The molecule has 2 fully saturated rings. The van der Waals surface area contributed by atoms with Gasteiger partial charge in [0, 0.05) is 19.0 Å². The summed E-state index contributed by atoms with van der Waals surface area (Å²) in [6.07, 6.45) is 3.57. The van der Waals surface area contributed by atoms with Gasteiger partial charge in [-0.1, -0.05) is 6.42 Å². The lowest BCUT2D eigenvalue weighted by Crippen LogP contribution is -2.53. The fourth-order valence-corrected chi connectivity index (χ4v) is 1.85. The van der Waals surface area contributed by atoms with Gasteiger partial charge in [0.2, 0.25) is 0 Å². The maximum absolute atomic E-state index is 8.89. The Labute approximate surface area is 61.2 Å². The van der Waals surface area contributed by atoms with Crippen LogP contribution in [0.3, 0.4) is 0 Å². The Morgan fingerprint density at radius 1 is 1.40 bits per heavy atom. The molecule has 0 aromatic heterocycles. The van der Waals surface area contributed by atoms with Crippen molar-refractivity contribution in [1.29, 1.82) is 5.26 Å². The number of hydrogen-bond donors (Lipinski definition) is 1. The molecule has 2 aliphatic rings. The predicted molar refractivity (Wildman–Crippen MR) is 38.3 cm³/mol. The molecule has 2 rings (SSSR count). The van der Waals surface area contributed by atoms with Gasteiger partial charge in [-0.2, -0.15) is 5.26 Å². The second-order valence-corrected chi connectivity index (χ2v) is 3.48. The predicted octanol–water partition coefficient (Wildman–Crippen LogP) is 0.900. The summed E-state index contributed by atoms with van der Waals surface area (Å²) in [5, 5.41) is 12.1. The summed E-state index contributed by atoms with van der Waals surface area (Å²) >= 11 is 0. The van der Waals surface area contributed by atoms with Gasteiger partial charge in [0.15, 0.2) is 0 Å². The average Bonchev–Trinajstić information content (AvgIpc) is 1.73. The lowest BCUT2D eigenvalue weighted by Gasteiger charge is -2.46. The molecule has 1 N–H and O–H groups in total. The highest BCUT2D eigenvalue weighted by Gasteiger charge is 2.46. The normalized spacial score (nSPS) is 29.9. The molecular weight excluding hydrogens is 124 g/mol. The van der Waals surface area contributed by atoms with Crippen molar-refractivity contribution in [3.05, 3.63) is 0 Å². The zero-order valence-electron chi connectivity index (χ0n) is 6.06.